The van der Waals surface area contributed by atoms with Gasteiger partial charge >= 0.3 is 5.97 Å². The number of ether oxygens (including phenoxy) is 1. The van der Waals surface area contributed by atoms with E-state index in [2.05, 4.69) is 9.46 Å². The molecule has 2 rings (SSSR count). The number of methoxy groups -OCH3 is 1. The summed E-state index contributed by atoms with van der Waals surface area (Å²) in [5, 5.41) is 2.26. The molecule has 0 amide bonds. The molecule has 0 aliphatic heterocycles. The SMILES string of the molecule is COC(=O)CC(NS(=O)(=O)c1ccc(Cl)cc1)c1cccs1. The molecule has 1 aromatic carbocycles. The number of esters is 1. The molecule has 0 bridgehead atoms. The van der Waals surface area contributed by atoms with Gasteiger partial charge in [0.2, 0.25) is 10.0 Å². The number of rotatable bonds is 6. The second-order valence-corrected chi connectivity index (χ2v) is 7.55. The molecule has 0 spiro atoms. The van der Waals surface area contributed by atoms with Gasteiger partial charge in [-0.3, -0.25) is 4.79 Å². The van der Waals surface area contributed by atoms with Crippen LogP contribution in [0.2, 0.25) is 5.02 Å². The monoisotopic (exact) mass is 359 g/mol. The maximum absolute atomic E-state index is 12.4. The maximum atomic E-state index is 12.4. The maximum Gasteiger partial charge on any atom is 0.307 e. The number of sulfonamides is 1. The molecule has 8 heteroatoms. The molecule has 22 heavy (non-hydrogen) atoms. The van der Waals surface area contributed by atoms with Crippen LogP contribution in [0.5, 0.6) is 0 Å². The number of carbonyl (C=O) groups is 1. The average molecular weight is 360 g/mol. The standard InChI is InChI=1S/C14H14ClNO4S2/c1-20-14(17)9-12(13-3-2-8-21-13)16-22(18,19)11-6-4-10(15)5-7-11/h2-8,12,16H,9H2,1H3. The van der Waals surface area contributed by atoms with E-state index in [4.69, 9.17) is 11.6 Å². The van der Waals surface area contributed by atoms with Crippen molar-refractivity contribution in [2.75, 3.05) is 7.11 Å². The third kappa shape index (κ3) is 4.30. The van der Waals surface area contributed by atoms with E-state index < -0.39 is 22.0 Å². The van der Waals surface area contributed by atoms with Crippen LogP contribution >= 0.6 is 22.9 Å². The van der Waals surface area contributed by atoms with Gasteiger partial charge in [0.1, 0.15) is 0 Å². The van der Waals surface area contributed by atoms with Crippen molar-refractivity contribution < 1.29 is 17.9 Å². The van der Waals surface area contributed by atoms with Crippen molar-refractivity contribution in [1.29, 1.82) is 0 Å². The Morgan fingerprint density at radius 3 is 2.55 bits per heavy atom. The van der Waals surface area contributed by atoms with E-state index in [0.717, 1.165) is 4.88 Å². The molecule has 0 fully saturated rings. The van der Waals surface area contributed by atoms with E-state index in [9.17, 15) is 13.2 Å². The van der Waals surface area contributed by atoms with Crippen LogP contribution in [-0.4, -0.2) is 21.5 Å². The van der Waals surface area contributed by atoms with E-state index in [-0.39, 0.29) is 11.3 Å². The van der Waals surface area contributed by atoms with Crippen molar-refractivity contribution in [3.05, 3.63) is 51.7 Å². The van der Waals surface area contributed by atoms with E-state index in [1.807, 2.05) is 5.38 Å². The Balaban J connectivity index is 2.25. The zero-order chi connectivity index (χ0) is 16.2. The van der Waals surface area contributed by atoms with Crippen LogP contribution in [0.25, 0.3) is 0 Å². The number of thiophene rings is 1. The molecule has 0 saturated heterocycles. The van der Waals surface area contributed by atoms with Crippen LogP contribution in [0.3, 0.4) is 0 Å². The van der Waals surface area contributed by atoms with Gasteiger partial charge in [-0.15, -0.1) is 11.3 Å². The van der Waals surface area contributed by atoms with Crippen molar-refractivity contribution in [3.63, 3.8) is 0 Å². The molecule has 1 unspecified atom stereocenters. The summed E-state index contributed by atoms with van der Waals surface area (Å²) in [5.74, 6) is -0.489. The lowest BCUT2D eigenvalue weighted by Gasteiger charge is -2.16. The smallest absolute Gasteiger partial charge is 0.307 e. The van der Waals surface area contributed by atoms with Crippen LogP contribution in [0.4, 0.5) is 0 Å². The highest BCUT2D eigenvalue weighted by Crippen LogP contribution is 2.25. The van der Waals surface area contributed by atoms with Crippen molar-refractivity contribution in [2.45, 2.75) is 17.4 Å². The highest BCUT2D eigenvalue weighted by atomic mass is 35.5. The van der Waals surface area contributed by atoms with Gasteiger partial charge in [0.15, 0.2) is 0 Å². The largest absolute Gasteiger partial charge is 0.469 e. The molecule has 1 N–H and O–H groups in total. The highest BCUT2D eigenvalue weighted by Gasteiger charge is 2.24. The molecule has 0 aliphatic carbocycles. The van der Waals surface area contributed by atoms with Crippen LogP contribution < -0.4 is 4.72 Å². The first-order valence-corrected chi connectivity index (χ1v) is 9.04. The van der Waals surface area contributed by atoms with Crippen LogP contribution in [0, 0.1) is 0 Å². The molecule has 0 aliphatic rings. The predicted octanol–water partition coefficient (Wildman–Crippen LogP) is 2.98. The number of halogens is 1. The minimum atomic E-state index is -3.77. The summed E-state index contributed by atoms with van der Waals surface area (Å²) in [7, 11) is -2.50. The molecular formula is C14H14ClNO4S2. The van der Waals surface area contributed by atoms with Gasteiger partial charge < -0.3 is 4.74 Å². The first kappa shape index (κ1) is 17.0. The zero-order valence-electron chi connectivity index (χ0n) is 11.7. The van der Waals surface area contributed by atoms with E-state index in [1.54, 1.807) is 12.1 Å². The Kier molecular flexibility index (Phi) is 5.57. The minimum absolute atomic E-state index is 0.0795. The molecule has 2 aromatic rings. The summed E-state index contributed by atoms with van der Waals surface area (Å²) < 4.78 is 32.0. The molecule has 5 nitrogen and oxygen atoms in total. The Labute approximate surface area is 137 Å². The number of benzene rings is 1. The molecule has 1 aromatic heterocycles. The average Bonchev–Trinajstić information content (AvgIpc) is 3.01. The van der Waals surface area contributed by atoms with Crippen LogP contribution in [0.15, 0.2) is 46.7 Å². The third-order valence-corrected chi connectivity index (χ3v) is 5.63. The summed E-state index contributed by atoms with van der Waals surface area (Å²) in [4.78, 5) is 12.3. The first-order chi connectivity index (χ1) is 10.4. The number of hydrogen-bond donors (Lipinski definition) is 1. The van der Waals surface area contributed by atoms with Gasteiger partial charge in [0, 0.05) is 9.90 Å². The van der Waals surface area contributed by atoms with E-state index in [1.165, 1.54) is 42.7 Å². The number of carbonyl (C=O) groups excluding carboxylic acids is 1. The topological polar surface area (TPSA) is 72.5 Å². The predicted molar refractivity (Wildman–Crippen MR) is 85.5 cm³/mol. The second kappa shape index (κ2) is 7.23. The second-order valence-electron chi connectivity index (χ2n) is 4.42. The van der Waals surface area contributed by atoms with E-state index in [0.29, 0.717) is 5.02 Å². The van der Waals surface area contributed by atoms with Crippen molar-refractivity contribution in [2.24, 2.45) is 0 Å². The lowest BCUT2D eigenvalue weighted by atomic mass is 10.2. The molecule has 1 heterocycles. The van der Waals surface area contributed by atoms with Gasteiger partial charge in [0.25, 0.3) is 0 Å². The minimum Gasteiger partial charge on any atom is -0.469 e. The number of nitrogens with one attached hydrogen (secondary N) is 1. The van der Waals surface area contributed by atoms with Crippen molar-refractivity contribution in [3.8, 4) is 0 Å². The highest BCUT2D eigenvalue weighted by molar-refractivity contribution is 7.89. The molecule has 0 saturated carbocycles. The zero-order valence-corrected chi connectivity index (χ0v) is 14.0. The summed E-state index contributed by atoms with van der Waals surface area (Å²) in [6.07, 6.45) is -0.0795. The normalized spacial score (nSPS) is 12.8. The van der Waals surface area contributed by atoms with Gasteiger partial charge in [-0.05, 0) is 35.7 Å². The van der Waals surface area contributed by atoms with Crippen LogP contribution in [0.1, 0.15) is 17.3 Å². The fraction of sp³-hybridized carbons (Fsp3) is 0.214. The Morgan fingerprint density at radius 2 is 2.00 bits per heavy atom. The summed E-state index contributed by atoms with van der Waals surface area (Å²) >= 11 is 7.13. The fourth-order valence-corrected chi connectivity index (χ4v) is 4.00. The van der Waals surface area contributed by atoms with Crippen molar-refractivity contribution in [1.82, 2.24) is 4.72 Å². The molecule has 0 radical (unpaired) electrons. The van der Waals surface area contributed by atoms with Gasteiger partial charge in [-0.2, -0.15) is 0 Å². The Morgan fingerprint density at radius 1 is 1.32 bits per heavy atom. The van der Waals surface area contributed by atoms with Crippen molar-refractivity contribution >= 4 is 38.9 Å². The molecule has 1 atom stereocenters. The Bertz CT molecular complexity index is 727. The molecule has 118 valence electrons. The molecular weight excluding hydrogens is 346 g/mol. The fourth-order valence-electron chi connectivity index (χ4n) is 1.81. The van der Waals surface area contributed by atoms with Crippen LogP contribution in [-0.2, 0) is 19.6 Å². The van der Waals surface area contributed by atoms with Gasteiger partial charge in [-0.1, -0.05) is 17.7 Å². The lowest BCUT2D eigenvalue weighted by molar-refractivity contribution is -0.141. The summed E-state index contributed by atoms with van der Waals surface area (Å²) in [6, 6.07) is 8.70. The first-order valence-electron chi connectivity index (χ1n) is 6.30. The quantitative estimate of drug-likeness (QED) is 0.805. The van der Waals surface area contributed by atoms with E-state index >= 15 is 0 Å². The van der Waals surface area contributed by atoms with Gasteiger partial charge in [-0.25, -0.2) is 13.1 Å². The third-order valence-electron chi connectivity index (χ3n) is 2.91. The summed E-state index contributed by atoms with van der Waals surface area (Å²) in [6.45, 7) is 0. The lowest BCUT2D eigenvalue weighted by Crippen LogP contribution is -2.30. The summed E-state index contributed by atoms with van der Waals surface area (Å²) in [5.41, 5.74) is 0. The van der Waals surface area contributed by atoms with Gasteiger partial charge in [0.05, 0.1) is 24.5 Å². The Hall–Kier alpha value is -1.41. The number of hydrogen-bond acceptors (Lipinski definition) is 5.